The molecule has 8 aromatic carbocycles. The van der Waals surface area contributed by atoms with Gasteiger partial charge in [-0.25, -0.2) is 8.42 Å². The van der Waals surface area contributed by atoms with E-state index in [1.165, 1.54) is 50.8 Å². The van der Waals surface area contributed by atoms with Crippen LogP contribution in [-0.4, -0.2) is 95.4 Å². The summed E-state index contributed by atoms with van der Waals surface area (Å²) in [5.74, 6) is 1.08. The van der Waals surface area contributed by atoms with Gasteiger partial charge in [0.25, 0.3) is 0 Å². The van der Waals surface area contributed by atoms with Crippen molar-refractivity contribution >= 4 is 108 Å². The molecule has 4 amide bonds. The third-order valence-corrected chi connectivity index (χ3v) is 22.3. The number of sulfone groups is 1. The standard InChI is InChI=1S/C20H22ClNO3S.C20H22ClNOS.C19H19BrClNO.C19H20ClNO2/c1-14-17-8-4-3-6-15(17)10-11-22(14)20(23)12-18-16(13-26(2,24)25)7-5-9-19(18)21;1-14-17-8-4-3-6-15(17)10-11-22(14)20(23)12-18-16(13-24-2)7-5-9-19(18)21;1-13-16-7-3-2-5-14(16)9-10-22(13)19(23)11-17-15(12-20)6-4-8-18(17)21;1-13-16-7-3-2-5-14(16)9-10-21(13)19(23)11-17-15(12-22)6-4-8-18(17)20/h3-9,14H,10-13H2,1-2H3;3-9,14H,10-13H2,1-2H3;2-8,13H,9-12H2,1H3;2-8,13,22H,9-12H2,1H3/t2*14-;2*13-/m0000/s1. The first kappa shape index (κ1) is 73.8. The Bertz CT molecular complexity index is 4090. The summed E-state index contributed by atoms with van der Waals surface area (Å²) in [6, 6.07) is 55.7. The molecular formula is C78H83BrCl4N4O7S2. The molecule has 4 aliphatic heterocycles. The molecule has 8 aromatic rings. The molecule has 18 heteroatoms. The van der Waals surface area contributed by atoms with E-state index in [2.05, 4.69) is 110 Å². The van der Waals surface area contributed by atoms with Crippen molar-refractivity contribution in [2.24, 2.45) is 0 Å². The summed E-state index contributed by atoms with van der Waals surface area (Å²) in [7, 11) is -3.21. The second-order valence-corrected chi connectivity index (χ2v) is 30.1. The van der Waals surface area contributed by atoms with Gasteiger partial charge >= 0.3 is 0 Å². The molecule has 1 N–H and O–H groups in total. The lowest BCUT2D eigenvalue weighted by Gasteiger charge is -2.35. The van der Waals surface area contributed by atoms with Crippen LogP contribution in [-0.2, 0) is 104 Å². The largest absolute Gasteiger partial charge is 0.392 e. The van der Waals surface area contributed by atoms with Crippen molar-refractivity contribution in [2.75, 3.05) is 38.7 Å². The molecule has 0 radical (unpaired) electrons. The summed E-state index contributed by atoms with van der Waals surface area (Å²) in [4.78, 5) is 59.3. The molecule has 0 unspecified atom stereocenters. The number of aliphatic hydroxyl groups is 1. The summed E-state index contributed by atoms with van der Waals surface area (Å²) in [6.07, 6.45) is 7.85. The Hall–Kier alpha value is -6.46. The fourth-order valence-electron chi connectivity index (χ4n) is 13.6. The van der Waals surface area contributed by atoms with Crippen LogP contribution in [0, 0.1) is 0 Å². The molecule has 504 valence electrons. The van der Waals surface area contributed by atoms with Crippen LogP contribution >= 0.6 is 74.1 Å². The number of benzene rings is 8. The van der Waals surface area contributed by atoms with E-state index in [1.807, 2.05) is 99.3 Å². The van der Waals surface area contributed by atoms with Crippen molar-refractivity contribution in [3.05, 3.63) is 279 Å². The van der Waals surface area contributed by atoms with Gasteiger partial charge in [-0.3, -0.25) is 19.2 Å². The number of carbonyl (C=O) groups excluding carboxylic acids is 4. The number of thioether (sulfide) groups is 1. The van der Waals surface area contributed by atoms with Crippen molar-refractivity contribution in [1.29, 1.82) is 0 Å². The molecule has 0 fully saturated rings. The fourth-order valence-corrected chi connectivity index (χ4v) is 16.6. The van der Waals surface area contributed by atoms with Crippen LogP contribution in [0.3, 0.4) is 0 Å². The van der Waals surface area contributed by atoms with Gasteiger partial charge in [0.15, 0.2) is 9.84 Å². The Morgan fingerprint density at radius 2 is 0.698 bits per heavy atom. The van der Waals surface area contributed by atoms with E-state index in [9.17, 15) is 32.7 Å². The van der Waals surface area contributed by atoms with Crippen LogP contribution in [0.25, 0.3) is 0 Å². The Labute approximate surface area is 599 Å². The first-order valence-corrected chi connectivity index (χ1v) is 38.6. The minimum absolute atomic E-state index is 0.00621. The van der Waals surface area contributed by atoms with E-state index in [0.29, 0.717) is 55.9 Å². The van der Waals surface area contributed by atoms with E-state index < -0.39 is 9.84 Å². The van der Waals surface area contributed by atoms with Gasteiger partial charge in [-0.2, -0.15) is 11.8 Å². The Morgan fingerprint density at radius 3 is 1.00 bits per heavy atom. The Balaban J connectivity index is 0.000000150. The van der Waals surface area contributed by atoms with Crippen molar-refractivity contribution < 1.29 is 32.7 Å². The zero-order chi connectivity index (χ0) is 68.8. The maximum atomic E-state index is 13.0. The monoisotopic (exact) mass is 1470 g/mol. The predicted octanol–water partition coefficient (Wildman–Crippen LogP) is 16.9. The van der Waals surface area contributed by atoms with Gasteiger partial charge in [0.1, 0.15) is 0 Å². The number of hydrogen-bond acceptors (Lipinski definition) is 8. The van der Waals surface area contributed by atoms with Crippen LogP contribution < -0.4 is 0 Å². The van der Waals surface area contributed by atoms with Crippen LogP contribution in [0.4, 0.5) is 0 Å². The van der Waals surface area contributed by atoms with Crippen LogP contribution in [0.15, 0.2) is 170 Å². The number of hydrogen-bond donors (Lipinski definition) is 1. The third kappa shape index (κ3) is 18.2. The van der Waals surface area contributed by atoms with Gasteiger partial charge in [0.05, 0.1) is 62.2 Å². The molecule has 0 aromatic heterocycles. The van der Waals surface area contributed by atoms with Gasteiger partial charge < -0.3 is 24.7 Å². The first-order valence-electron chi connectivity index (χ1n) is 32.5. The SMILES string of the molecule is CSCc1cccc(Cl)c1CC(=O)N1CCc2ccccc2[C@@H]1C.C[C@H]1c2ccccc2CCN1C(=O)Cc1c(Cl)cccc1CBr.C[C@H]1c2ccccc2CCN1C(=O)Cc1c(Cl)cccc1CO.C[C@H]1c2ccccc2CCN1C(=O)Cc1c(Cl)cccc1CS(C)(=O)=O. The molecule has 96 heavy (non-hydrogen) atoms. The highest BCUT2D eigenvalue weighted by Gasteiger charge is 2.33. The van der Waals surface area contributed by atoms with Gasteiger partial charge in [-0.1, -0.05) is 208 Å². The third-order valence-electron chi connectivity index (χ3n) is 18.9. The van der Waals surface area contributed by atoms with Crippen LogP contribution in [0.1, 0.15) is 141 Å². The maximum absolute atomic E-state index is 13.0. The number of halogens is 5. The Morgan fingerprint density at radius 1 is 0.427 bits per heavy atom. The average molecular weight is 1470 g/mol. The van der Waals surface area contributed by atoms with Crippen molar-refractivity contribution in [2.45, 2.75) is 127 Å². The smallest absolute Gasteiger partial charge is 0.227 e. The van der Waals surface area contributed by atoms with Gasteiger partial charge in [-0.15, -0.1) is 0 Å². The van der Waals surface area contributed by atoms with E-state index >= 15 is 0 Å². The summed E-state index contributed by atoms with van der Waals surface area (Å²) >= 11 is 30.4. The van der Waals surface area contributed by atoms with E-state index in [-0.39, 0.29) is 73.0 Å². The lowest BCUT2D eigenvalue weighted by atomic mass is 9.93. The molecule has 0 saturated heterocycles. The number of rotatable bonds is 14. The minimum Gasteiger partial charge on any atom is -0.392 e. The first-order chi connectivity index (χ1) is 46.1. The Kier molecular flexibility index (Phi) is 26.4. The molecule has 0 spiro atoms. The molecule has 4 heterocycles. The summed E-state index contributed by atoms with van der Waals surface area (Å²) in [6.45, 7) is 11.1. The van der Waals surface area contributed by atoms with Gasteiger partial charge in [0, 0.05) is 63.6 Å². The van der Waals surface area contributed by atoms with Crippen molar-refractivity contribution in [3.8, 4) is 0 Å². The lowest BCUT2D eigenvalue weighted by Crippen LogP contribution is -2.39. The lowest BCUT2D eigenvalue weighted by molar-refractivity contribution is -0.133. The van der Waals surface area contributed by atoms with E-state index in [4.69, 9.17) is 46.4 Å². The normalized spacial score (nSPS) is 17.0. The number of aliphatic hydroxyl groups excluding tert-OH is 1. The summed E-state index contributed by atoms with van der Waals surface area (Å²) in [5, 5.41) is 12.5. The topological polar surface area (TPSA) is 136 Å². The number of carbonyl (C=O) groups is 4. The second kappa shape index (κ2) is 34.4. The zero-order valence-electron chi connectivity index (χ0n) is 55.2. The molecule has 11 nitrogen and oxygen atoms in total. The van der Waals surface area contributed by atoms with Crippen molar-refractivity contribution in [1.82, 2.24) is 19.6 Å². The number of alkyl halides is 1. The summed E-state index contributed by atoms with van der Waals surface area (Å²) < 4.78 is 23.4. The van der Waals surface area contributed by atoms with Gasteiger partial charge in [-0.05, 0) is 173 Å². The molecule has 0 saturated carbocycles. The highest BCUT2D eigenvalue weighted by atomic mass is 79.9. The fraction of sp³-hybridized carbons (Fsp3) is 0.333. The second-order valence-electron chi connectivity index (χ2n) is 24.9. The van der Waals surface area contributed by atoms with E-state index in [0.717, 1.165) is 84.5 Å². The average Bonchev–Trinajstić information content (AvgIpc) is 0.852. The zero-order valence-corrected chi connectivity index (χ0v) is 61.4. The number of amides is 4. The number of nitrogens with zero attached hydrogens (tertiary/aromatic N) is 4. The van der Waals surface area contributed by atoms with Crippen LogP contribution in [0.2, 0.25) is 20.1 Å². The highest BCUT2D eigenvalue weighted by Crippen LogP contribution is 2.36. The minimum atomic E-state index is -3.21. The van der Waals surface area contributed by atoms with E-state index in [1.54, 1.807) is 42.1 Å². The molecule has 12 rings (SSSR count). The number of fused-ring (bicyclic) bond motifs is 4. The maximum Gasteiger partial charge on any atom is 0.227 e. The van der Waals surface area contributed by atoms with Gasteiger partial charge in [0.2, 0.25) is 23.6 Å². The molecule has 4 atom stereocenters. The predicted molar refractivity (Wildman–Crippen MR) is 396 cm³/mol. The summed E-state index contributed by atoms with van der Waals surface area (Å²) in [5.41, 5.74) is 17.0. The highest BCUT2D eigenvalue weighted by molar-refractivity contribution is 9.08. The van der Waals surface area contributed by atoms with Crippen molar-refractivity contribution in [3.63, 3.8) is 0 Å². The molecular weight excluding hydrogens is 1390 g/mol. The molecule has 0 aliphatic carbocycles. The molecule has 4 aliphatic rings. The van der Waals surface area contributed by atoms with Crippen LogP contribution in [0.5, 0.6) is 0 Å². The molecule has 0 bridgehead atoms. The quantitative estimate of drug-likeness (QED) is 0.106.